The van der Waals surface area contributed by atoms with Gasteiger partial charge in [-0.3, -0.25) is 4.79 Å². The first-order valence-electron chi connectivity index (χ1n) is 9.02. The normalized spacial score (nSPS) is 30.6. The van der Waals surface area contributed by atoms with E-state index in [1.54, 1.807) is 0 Å². The minimum atomic E-state index is -2.87. The third kappa shape index (κ3) is 4.41. The summed E-state index contributed by atoms with van der Waals surface area (Å²) in [6.07, 6.45) is -9.59. The number of aliphatic carboxylic acids is 2. The maximum atomic E-state index is 11.2. The lowest BCUT2D eigenvalue weighted by Gasteiger charge is -2.38. The van der Waals surface area contributed by atoms with Crippen molar-refractivity contribution in [2.24, 2.45) is 0 Å². The molecule has 0 saturated carbocycles. The smallest absolute Gasteiger partial charge is 0.335 e. The van der Waals surface area contributed by atoms with Gasteiger partial charge in [-0.2, -0.15) is 0 Å². The van der Waals surface area contributed by atoms with Crippen molar-refractivity contribution in [1.29, 1.82) is 0 Å². The molecular weight excluding hydrogens is 352 g/mol. The molecule has 0 radical (unpaired) electrons. The molecule has 0 bridgehead atoms. The maximum absolute atomic E-state index is 11.2. The number of methoxy groups -OCH3 is 1. The van der Waals surface area contributed by atoms with Gasteiger partial charge in [-0.25, -0.2) is 4.79 Å². The van der Waals surface area contributed by atoms with Crippen LogP contribution in [0, 0.1) is 0 Å². The van der Waals surface area contributed by atoms with Gasteiger partial charge in [0.1, 0.15) is 18.3 Å². The Bertz CT molecular complexity index is 753. The highest BCUT2D eigenvalue weighted by Gasteiger charge is 2.48. The van der Waals surface area contributed by atoms with E-state index in [1.807, 2.05) is 0 Å². The van der Waals surface area contributed by atoms with E-state index in [9.17, 15) is 24.9 Å². The molecule has 5 N–H and O–H groups in total. The van der Waals surface area contributed by atoms with Gasteiger partial charge in [0, 0.05) is 6.42 Å². The second-order valence-corrected chi connectivity index (χ2v) is 5.63. The largest absolute Gasteiger partial charge is 0.493 e. The Kier molecular flexibility index (Phi) is 5.06. The summed E-state index contributed by atoms with van der Waals surface area (Å²) in [6, 6.07) is 3.86. The Morgan fingerprint density at radius 1 is 1.15 bits per heavy atom. The summed E-state index contributed by atoms with van der Waals surface area (Å²) in [7, 11) is -2.87. The molecule has 10 heteroatoms. The Balaban J connectivity index is 2.32. The molecule has 5 atom stereocenters. The standard InChI is InChI=1S/C16H20O10/c1-24-8-4-2-7(3-5-10(17)18)6-9(8)25-16-13(21)11(19)12(20)14(26-16)15(22)23/h2,4,6,11-14,16,19-21H,3,5H2,1H3,(H,17,18)(H,22,23)/t11-,12-,13+,14-,16+/m0/s1/i1D3. The molecule has 1 aliphatic rings. The van der Waals surface area contributed by atoms with Crippen molar-refractivity contribution in [3.8, 4) is 11.5 Å². The molecule has 0 aliphatic carbocycles. The second-order valence-electron chi connectivity index (χ2n) is 5.63. The first-order valence-corrected chi connectivity index (χ1v) is 7.52. The van der Waals surface area contributed by atoms with E-state index in [4.69, 9.17) is 28.5 Å². The quantitative estimate of drug-likeness (QED) is 0.399. The number of ether oxygens (including phenoxy) is 3. The Labute approximate surface area is 152 Å². The van der Waals surface area contributed by atoms with Gasteiger partial charge in [-0.1, -0.05) is 6.07 Å². The van der Waals surface area contributed by atoms with Gasteiger partial charge in [0.25, 0.3) is 0 Å². The fraction of sp³-hybridized carbons (Fsp3) is 0.500. The number of rotatable bonds is 7. The van der Waals surface area contributed by atoms with E-state index in [1.165, 1.54) is 18.2 Å². The highest BCUT2D eigenvalue weighted by Crippen LogP contribution is 2.32. The van der Waals surface area contributed by atoms with Crippen LogP contribution in [0.15, 0.2) is 18.2 Å². The minimum Gasteiger partial charge on any atom is -0.493 e. The lowest BCUT2D eigenvalue weighted by Crippen LogP contribution is -2.61. The van der Waals surface area contributed by atoms with Crippen molar-refractivity contribution >= 4 is 11.9 Å². The summed E-state index contributed by atoms with van der Waals surface area (Å²) in [4.78, 5) is 21.9. The maximum Gasteiger partial charge on any atom is 0.335 e. The second kappa shape index (κ2) is 8.32. The van der Waals surface area contributed by atoms with Crippen molar-refractivity contribution in [3.63, 3.8) is 0 Å². The fourth-order valence-corrected chi connectivity index (χ4v) is 2.41. The molecule has 1 aliphatic heterocycles. The summed E-state index contributed by atoms with van der Waals surface area (Å²) in [5.41, 5.74) is 0.418. The average Bonchev–Trinajstić information content (AvgIpc) is 2.60. The Morgan fingerprint density at radius 3 is 2.50 bits per heavy atom. The molecule has 10 nitrogen and oxygen atoms in total. The topological polar surface area (TPSA) is 163 Å². The Hall–Kier alpha value is -2.40. The van der Waals surface area contributed by atoms with Gasteiger partial charge in [0.05, 0.1) is 11.2 Å². The van der Waals surface area contributed by atoms with Crippen LogP contribution in [0.1, 0.15) is 16.1 Å². The van der Waals surface area contributed by atoms with Crippen molar-refractivity contribution < 1.29 is 53.4 Å². The van der Waals surface area contributed by atoms with E-state index >= 15 is 0 Å². The lowest BCUT2D eigenvalue weighted by molar-refractivity contribution is -0.271. The predicted molar refractivity (Wildman–Crippen MR) is 83.9 cm³/mol. The number of hydrogen-bond acceptors (Lipinski definition) is 8. The van der Waals surface area contributed by atoms with E-state index < -0.39 is 49.7 Å². The van der Waals surface area contributed by atoms with Crippen LogP contribution in [-0.2, 0) is 20.7 Å². The molecule has 0 aromatic heterocycles. The summed E-state index contributed by atoms with van der Waals surface area (Å²) in [5.74, 6) is -3.29. The van der Waals surface area contributed by atoms with Gasteiger partial charge < -0.3 is 39.7 Å². The average molecular weight is 375 g/mol. The third-order valence-corrected chi connectivity index (χ3v) is 3.80. The van der Waals surface area contributed by atoms with Crippen molar-refractivity contribution in [2.75, 3.05) is 7.04 Å². The number of aryl methyl sites for hydroxylation is 1. The SMILES string of the molecule is [2H]C([2H])([2H])Oc1ccc(CCC(=O)O)cc1O[C@@H]1O[C@H](C(=O)O)[C@@H](O)[C@H](O)[C@H]1O. The molecule has 1 fully saturated rings. The molecule has 1 saturated heterocycles. The van der Waals surface area contributed by atoms with E-state index in [0.29, 0.717) is 5.56 Å². The number of carboxylic acid groups (broad SMARTS) is 2. The minimum absolute atomic E-state index is 0.0624. The molecule has 0 spiro atoms. The monoisotopic (exact) mass is 375 g/mol. The van der Waals surface area contributed by atoms with Gasteiger partial charge in [-0.05, 0) is 24.1 Å². The van der Waals surface area contributed by atoms with Crippen LogP contribution in [0.5, 0.6) is 11.5 Å². The molecule has 0 amide bonds. The van der Waals surface area contributed by atoms with Gasteiger partial charge in [0.15, 0.2) is 17.6 Å². The van der Waals surface area contributed by atoms with Crippen LogP contribution in [0.3, 0.4) is 0 Å². The van der Waals surface area contributed by atoms with Crippen molar-refractivity contribution in [2.45, 2.75) is 43.5 Å². The fourth-order valence-electron chi connectivity index (χ4n) is 2.41. The van der Waals surface area contributed by atoms with E-state index in [-0.39, 0.29) is 24.3 Å². The van der Waals surface area contributed by atoms with Crippen LogP contribution >= 0.6 is 0 Å². The van der Waals surface area contributed by atoms with E-state index in [0.717, 1.165) is 0 Å². The van der Waals surface area contributed by atoms with Crippen molar-refractivity contribution in [1.82, 2.24) is 0 Å². The number of benzene rings is 1. The third-order valence-electron chi connectivity index (χ3n) is 3.80. The highest BCUT2D eigenvalue weighted by molar-refractivity contribution is 5.73. The number of aliphatic hydroxyl groups excluding tert-OH is 3. The first kappa shape index (κ1) is 15.8. The Morgan fingerprint density at radius 2 is 1.88 bits per heavy atom. The molecule has 1 heterocycles. The van der Waals surface area contributed by atoms with Crippen LogP contribution < -0.4 is 9.47 Å². The molecule has 1 aromatic rings. The summed E-state index contributed by atoms with van der Waals surface area (Å²) < 4.78 is 36.8. The molecule has 1 aromatic carbocycles. The summed E-state index contributed by atoms with van der Waals surface area (Å²) in [5, 5.41) is 47.5. The van der Waals surface area contributed by atoms with E-state index in [2.05, 4.69) is 0 Å². The number of carbonyl (C=O) groups is 2. The lowest BCUT2D eigenvalue weighted by atomic mass is 9.99. The van der Waals surface area contributed by atoms with Crippen molar-refractivity contribution in [3.05, 3.63) is 23.8 Å². The van der Waals surface area contributed by atoms with Crippen LogP contribution in [0.4, 0.5) is 0 Å². The summed E-state index contributed by atoms with van der Waals surface area (Å²) in [6.45, 7) is 0. The zero-order valence-corrected chi connectivity index (χ0v) is 13.3. The summed E-state index contributed by atoms with van der Waals surface area (Å²) >= 11 is 0. The van der Waals surface area contributed by atoms with Crippen LogP contribution in [-0.4, -0.2) is 75.2 Å². The molecule has 26 heavy (non-hydrogen) atoms. The zero-order chi connectivity index (χ0) is 21.9. The van der Waals surface area contributed by atoms with Gasteiger partial charge >= 0.3 is 11.9 Å². The molecular formula is C16H20O10. The first-order chi connectivity index (χ1) is 13.4. The number of aliphatic hydroxyl groups is 3. The van der Waals surface area contributed by atoms with Crippen LogP contribution in [0.2, 0.25) is 0 Å². The predicted octanol–water partition coefficient (Wildman–Crippen LogP) is -1.02. The highest BCUT2D eigenvalue weighted by atomic mass is 16.7. The number of carboxylic acids is 2. The number of hydrogen-bond donors (Lipinski definition) is 5. The molecule has 2 rings (SSSR count). The van der Waals surface area contributed by atoms with Gasteiger partial charge in [-0.15, -0.1) is 0 Å². The zero-order valence-electron chi connectivity index (χ0n) is 16.3. The molecule has 144 valence electrons. The van der Waals surface area contributed by atoms with Gasteiger partial charge in [0.2, 0.25) is 6.29 Å². The molecule has 0 unspecified atom stereocenters. The van der Waals surface area contributed by atoms with Crippen LogP contribution in [0.25, 0.3) is 0 Å².